The lowest BCUT2D eigenvalue weighted by molar-refractivity contribution is 0.204. The monoisotopic (exact) mass is 547 g/mol. The molecule has 0 atom stereocenters. The maximum absolute atomic E-state index is 9.85. The van der Waals surface area contributed by atoms with Crippen molar-refractivity contribution >= 4 is 0 Å². The van der Waals surface area contributed by atoms with Crippen LogP contribution in [0.3, 0.4) is 0 Å². The Hall–Kier alpha value is -3.56. The average Bonchev–Trinajstić information content (AvgIpc) is 3.47. The van der Waals surface area contributed by atoms with E-state index in [0.717, 1.165) is 11.1 Å². The predicted molar refractivity (Wildman–Crippen MR) is 171 cm³/mol. The first kappa shape index (κ1) is 29.0. The molecule has 2 aliphatic carbocycles. The van der Waals surface area contributed by atoms with Crippen molar-refractivity contribution in [1.82, 2.24) is 5.32 Å². The molecule has 1 aliphatic heterocycles. The molecule has 1 heterocycles. The minimum absolute atomic E-state index is 0.249. The molecule has 0 radical (unpaired) electrons. The van der Waals surface area contributed by atoms with Crippen LogP contribution in [-0.2, 0) is 5.41 Å². The summed E-state index contributed by atoms with van der Waals surface area (Å²) in [7, 11) is 0. The molecule has 41 heavy (non-hydrogen) atoms. The number of phenols is 2. The number of aromatic hydroxyl groups is 2. The SMILES string of the molecule is CC.CC1(C)CC2(CCCCC2)CN1.Oc1ccc(C2(c3ccc(O)cc3)c3ccccc3-c3ccccc32)cc1. The maximum atomic E-state index is 9.85. The molecule has 0 unspecified atom stereocenters. The van der Waals surface area contributed by atoms with Gasteiger partial charge in [-0.2, -0.15) is 0 Å². The van der Waals surface area contributed by atoms with Crippen LogP contribution in [0, 0.1) is 5.41 Å². The Balaban J connectivity index is 0.000000202. The van der Waals surface area contributed by atoms with Gasteiger partial charge in [-0.05, 0) is 96.2 Å². The zero-order valence-corrected chi connectivity index (χ0v) is 25.1. The first-order valence-corrected chi connectivity index (χ1v) is 15.4. The Bertz CT molecular complexity index is 1350. The number of phenolic OH excluding ortho intramolecular Hbond substituents is 2. The van der Waals surface area contributed by atoms with Gasteiger partial charge in [0.2, 0.25) is 0 Å². The van der Waals surface area contributed by atoms with E-state index in [0.29, 0.717) is 11.0 Å². The molecular formula is C38H45NO2. The van der Waals surface area contributed by atoms with Gasteiger partial charge >= 0.3 is 0 Å². The van der Waals surface area contributed by atoms with Crippen molar-refractivity contribution in [3.05, 3.63) is 119 Å². The summed E-state index contributed by atoms with van der Waals surface area (Å²) in [4.78, 5) is 0. The third kappa shape index (κ3) is 5.40. The maximum Gasteiger partial charge on any atom is 0.115 e. The van der Waals surface area contributed by atoms with Gasteiger partial charge in [-0.25, -0.2) is 0 Å². The van der Waals surface area contributed by atoms with E-state index >= 15 is 0 Å². The second-order valence-corrected chi connectivity index (χ2v) is 12.4. The highest BCUT2D eigenvalue weighted by atomic mass is 16.3. The summed E-state index contributed by atoms with van der Waals surface area (Å²) < 4.78 is 0. The smallest absolute Gasteiger partial charge is 0.115 e. The molecule has 1 saturated carbocycles. The van der Waals surface area contributed by atoms with Crippen molar-refractivity contribution in [2.45, 2.75) is 77.2 Å². The van der Waals surface area contributed by atoms with Crippen LogP contribution < -0.4 is 5.32 Å². The van der Waals surface area contributed by atoms with Gasteiger partial charge in [0.1, 0.15) is 11.5 Å². The Morgan fingerprint density at radius 1 is 0.585 bits per heavy atom. The molecular weight excluding hydrogens is 502 g/mol. The summed E-state index contributed by atoms with van der Waals surface area (Å²) >= 11 is 0. The van der Waals surface area contributed by atoms with Gasteiger partial charge < -0.3 is 15.5 Å². The van der Waals surface area contributed by atoms with E-state index in [4.69, 9.17) is 0 Å². The first-order valence-electron chi connectivity index (χ1n) is 15.4. The number of hydrogen-bond acceptors (Lipinski definition) is 3. The van der Waals surface area contributed by atoms with Crippen LogP contribution in [0.5, 0.6) is 11.5 Å². The molecule has 0 amide bonds. The van der Waals surface area contributed by atoms with Crippen molar-refractivity contribution < 1.29 is 10.2 Å². The van der Waals surface area contributed by atoms with E-state index in [-0.39, 0.29) is 11.5 Å². The van der Waals surface area contributed by atoms with Crippen molar-refractivity contribution in [3.8, 4) is 22.6 Å². The van der Waals surface area contributed by atoms with Crippen LogP contribution in [-0.4, -0.2) is 22.3 Å². The van der Waals surface area contributed by atoms with Gasteiger partial charge in [0, 0.05) is 12.1 Å². The topological polar surface area (TPSA) is 52.5 Å². The van der Waals surface area contributed by atoms with Crippen LogP contribution >= 0.6 is 0 Å². The highest BCUT2D eigenvalue weighted by molar-refractivity contribution is 5.86. The summed E-state index contributed by atoms with van der Waals surface area (Å²) in [5.41, 5.74) is 7.65. The van der Waals surface area contributed by atoms with Gasteiger partial charge in [-0.3, -0.25) is 0 Å². The number of hydrogen-bond donors (Lipinski definition) is 3. The lowest BCUT2D eigenvalue weighted by Crippen LogP contribution is -2.31. The van der Waals surface area contributed by atoms with Crippen LogP contribution in [0.4, 0.5) is 0 Å². The standard InChI is InChI=1S/C25H18O2.C11H21N.C2H6/c26-19-13-9-17(10-14-19)25(18-11-15-20(27)16-12-18)23-7-3-1-5-21(23)22-6-2-4-8-24(22)25;1-10(2)8-11(9-12-10)6-4-3-5-7-11;1-2/h1-16,26-27H;12H,3-9H2,1-2H3;1-2H3. The lowest BCUT2D eigenvalue weighted by atomic mass is 9.68. The molecule has 3 heteroatoms. The van der Waals surface area contributed by atoms with Crippen molar-refractivity contribution in [1.29, 1.82) is 0 Å². The molecule has 1 saturated heterocycles. The fourth-order valence-corrected chi connectivity index (χ4v) is 7.59. The van der Waals surface area contributed by atoms with Gasteiger partial charge in [-0.1, -0.05) is 106 Å². The summed E-state index contributed by atoms with van der Waals surface area (Å²) in [6, 6.07) is 31.9. The van der Waals surface area contributed by atoms with E-state index in [1.165, 1.54) is 67.3 Å². The van der Waals surface area contributed by atoms with E-state index in [1.807, 2.05) is 38.1 Å². The number of nitrogens with one attached hydrogen (secondary N) is 1. The molecule has 1 spiro atoms. The molecule has 214 valence electrons. The van der Waals surface area contributed by atoms with E-state index in [9.17, 15) is 10.2 Å². The van der Waals surface area contributed by atoms with Crippen molar-refractivity contribution in [3.63, 3.8) is 0 Å². The zero-order chi connectivity index (χ0) is 29.1. The minimum atomic E-state index is -0.491. The summed E-state index contributed by atoms with van der Waals surface area (Å²) in [5, 5.41) is 23.4. The van der Waals surface area contributed by atoms with E-state index < -0.39 is 5.41 Å². The first-order chi connectivity index (χ1) is 19.8. The van der Waals surface area contributed by atoms with Gasteiger partial charge in [0.25, 0.3) is 0 Å². The third-order valence-electron chi connectivity index (χ3n) is 9.23. The predicted octanol–water partition coefficient (Wildman–Crippen LogP) is 9.20. The minimum Gasteiger partial charge on any atom is -0.508 e. The second kappa shape index (κ2) is 11.7. The molecule has 0 bridgehead atoms. The number of rotatable bonds is 2. The van der Waals surface area contributed by atoms with Crippen molar-refractivity contribution in [2.75, 3.05) is 6.54 Å². The molecule has 3 nitrogen and oxygen atoms in total. The molecule has 3 N–H and O–H groups in total. The largest absolute Gasteiger partial charge is 0.508 e. The highest BCUT2D eigenvalue weighted by Crippen LogP contribution is 2.56. The number of benzene rings is 4. The van der Waals surface area contributed by atoms with Crippen LogP contribution in [0.15, 0.2) is 97.1 Å². The zero-order valence-electron chi connectivity index (χ0n) is 25.1. The lowest BCUT2D eigenvalue weighted by Gasteiger charge is -2.33. The highest BCUT2D eigenvalue weighted by Gasteiger charge is 2.46. The van der Waals surface area contributed by atoms with Crippen molar-refractivity contribution in [2.24, 2.45) is 5.41 Å². The Morgan fingerprint density at radius 3 is 1.44 bits per heavy atom. The quantitative estimate of drug-likeness (QED) is 0.206. The number of fused-ring (bicyclic) bond motifs is 3. The van der Waals surface area contributed by atoms with Gasteiger partial charge in [0.05, 0.1) is 5.41 Å². The Labute approximate surface area is 246 Å². The second-order valence-electron chi connectivity index (χ2n) is 12.4. The molecule has 0 aromatic heterocycles. The van der Waals surface area contributed by atoms with Crippen LogP contribution in [0.25, 0.3) is 11.1 Å². The molecule has 4 aromatic carbocycles. The Morgan fingerprint density at radius 2 is 1.02 bits per heavy atom. The normalized spacial score (nSPS) is 18.7. The molecule has 3 aliphatic rings. The molecule has 4 aromatic rings. The fraction of sp³-hybridized carbons (Fsp3) is 0.368. The fourth-order valence-electron chi connectivity index (χ4n) is 7.59. The third-order valence-corrected chi connectivity index (χ3v) is 9.23. The molecule has 7 rings (SSSR count). The van der Waals surface area contributed by atoms with Crippen LogP contribution in [0.1, 0.15) is 88.5 Å². The van der Waals surface area contributed by atoms with E-state index in [1.54, 1.807) is 24.3 Å². The van der Waals surface area contributed by atoms with Crippen LogP contribution in [0.2, 0.25) is 0 Å². The average molecular weight is 548 g/mol. The summed E-state index contributed by atoms with van der Waals surface area (Å²) in [5.74, 6) is 0.498. The van der Waals surface area contributed by atoms with E-state index in [2.05, 4.69) is 67.7 Å². The summed E-state index contributed by atoms with van der Waals surface area (Å²) in [6.07, 6.45) is 8.77. The Kier molecular flexibility index (Phi) is 8.29. The van der Waals surface area contributed by atoms with Gasteiger partial charge in [-0.15, -0.1) is 0 Å². The molecule has 2 fully saturated rings. The summed E-state index contributed by atoms with van der Waals surface area (Å²) in [6.45, 7) is 9.96. The van der Waals surface area contributed by atoms with Gasteiger partial charge in [0.15, 0.2) is 0 Å².